The lowest BCUT2D eigenvalue weighted by Gasteiger charge is -2.15. The van der Waals surface area contributed by atoms with Crippen LogP contribution in [0.5, 0.6) is 0 Å². The van der Waals surface area contributed by atoms with Gasteiger partial charge >= 0.3 is 0 Å². The minimum Gasteiger partial charge on any atom is -0.351 e. The Hall–Kier alpha value is -3.12. The zero-order chi connectivity index (χ0) is 23.7. The molecule has 2 aromatic heterocycles. The molecule has 1 unspecified atom stereocenters. The molecule has 0 fully saturated rings. The van der Waals surface area contributed by atoms with Crippen LogP contribution in [-0.4, -0.2) is 25.7 Å². The molecule has 5 nitrogen and oxygen atoms in total. The third-order valence-corrected chi connectivity index (χ3v) is 7.42. The summed E-state index contributed by atoms with van der Waals surface area (Å²) in [4.78, 5) is 31.2. The summed E-state index contributed by atoms with van der Waals surface area (Å²) >= 11 is 1.31. The van der Waals surface area contributed by atoms with Gasteiger partial charge in [0.15, 0.2) is 10.9 Å². The third kappa shape index (κ3) is 4.40. The van der Waals surface area contributed by atoms with Gasteiger partial charge in [-0.15, -0.1) is 0 Å². The molecule has 0 aliphatic carbocycles. The van der Waals surface area contributed by atoms with Gasteiger partial charge < -0.3 is 4.57 Å². The topological polar surface area (TPSA) is 56.9 Å². The number of fused-ring (bicyclic) bond motifs is 1. The second-order valence-corrected chi connectivity index (χ2v) is 9.45. The number of carbonyl (C=O) groups is 1. The first-order valence-electron chi connectivity index (χ1n) is 11.2. The Kier molecular flexibility index (Phi) is 6.56. The van der Waals surface area contributed by atoms with E-state index in [0.717, 1.165) is 29.1 Å². The number of benzene rings is 2. The molecular formula is C27H29N3O2S. The van der Waals surface area contributed by atoms with Crippen molar-refractivity contribution in [2.45, 2.75) is 45.2 Å². The molecule has 0 radical (unpaired) electrons. The van der Waals surface area contributed by atoms with Crippen molar-refractivity contribution in [3.05, 3.63) is 87.5 Å². The van der Waals surface area contributed by atoms with E-state index in [1.165, 1.54) is 17.3 Å². The summed E-state index contributed by atoms with van der Waals surface area (Å²) in [5.74, 6) is 0.692. The number of carbonyl (C=O) groups excluding carboxylic acids is 1. The average Bonchev–Trinajstić information content (AvgIpc) is 3.09. The van der Waals surface area contributed by atoms with E-state index in [1.807, 2.05) is 61.9 Å². The summed E-state index contributed by atoms with van der Waals surface area (Å²) in [5, 5.41) is 1.09. The molecule has 0 aliphatic heterocycles. The van der Waals surface area contributed by atoms with E-state index in [9.17, 15) is 9.59 Å². The first-order chi connectivity index (χ1) is 15.8. The predicted octanol–water partition coefficient (Wildman–Crippen LogP) is 5.83. The molecule has 33 heavy (non-hydrogen) atoms. The number of ketones is 1. The van der Waals surface area contributed by atoms with Gasteiger partial charge in [-0.05, 0) is 62.1 Å². The Morgan fingerprint density at radius 2 is 1.79 bits per heavy atom. The minimum atomic E-state index is -0.126. The third-order valence-electron chi connectivity index (χ3n) is 6.49. The monoisotopic (exact) mass is 459 g/mol. The Morgan fingerprint density at radius 1 is 1.09 bits per heavy atom. The van der Waals surface area contributed by atoms with Gasteiger partial charge in [0, 0.05) is 24.0 Å². The van der Waals surface area contributed by atoms with Crippen LogP contribution in [0.3, 0.4) is 0 Å². The number of aryl methyl sites for hydroxylation is 1. The normalized spacial score (nSPS) is 12.3. The largest absolute Gasteiger partial charge is 0.351 e. The molecule has 2 aromatic carbocycles. The molecule has 0 saturated carbocycles. The van der Waals surface area contributed by atoms with Crippen molar-refractivity contribution in [1.82, 2.24) is 14.1 Å². The SMILES string of the molecule is CCC(C)c1ccc(-n2c(SCC(=O)c3cc(C)n(C)c3C)nc3ccccc3c2=O)cc1. The van der Waals surface area contributed by atoms with Gasteiger partial charge in [0.05, 0.1) is 22.3 Å². The van der Waals surface area contributed by atoms with Gasteiger partial charge in [0.1, 0.15) is 0 Å². The smallest absolute Gasteiger partial charge is 0.266 e. The number of rotatable bonds is 7. The van der Waals surface area contributed by atoms with Crippen LogP contribution in [0.4, 0.5) is 0 Å². The van der Waals surface area contributed by atoms with Gasteiger partial charge in [0.25, 0.3) is 5.56 Å². The van der Waals surface area contributed by atoms with Crippen molar-refractivity contribution in [3.8, 4) is 5.69 Å². The number of para-hydroxylation sites is 1. The van der Waals surface area contributed by atoms with Crippen molar-refractivity contribution in [2.24, 2.45) is 7.05 Å². The Bertz CT molecular complexity index is 1380. The van der Waals surface area contributed by atoms with Crippen LogP contribution < -0.4 is 5.56 Å². The first-order valence-corrected chi connectivity index (χ1v) is 12.2. The Balaban J connectivity index is 1.74. The number of hydrogen-bond donors (Lipinski definition) is 0. The lowest BCUT2D eigenvalue weighted by Crippen LogP contribution is -2.22. The zero-order valence-corrected chi connectivity index (χ0v) is 20.6. The highest BCUT2D eigenvalue weighted by Gasteiger charge is 2.18. The number of hydrogen-bond acceptors (Lipinski definition) is 4. The maximum Gasteiger partial charge on any atom is 0.266 e. The van der Waals surface area contributed by atoms with Gasteiger partial charge in [-0.25, -0.2) is 4.98 Å². The standard InChI is InChI=1S/C27H29N3O2S/c1-6-17(2)20-11-13-21(14-12-20)30-26(32)22-9-7-8-10-24(22)28-27(30)33-16-25(31)23-15-18(3)29(5)19(23)4/h7-15,17H,6,16H2,1-5H3. The van der Waals surface area contributed by atoms with E-state index >= 15 is 0 Å². The van der Waals surface area contributed by atoms with Gasteiger partial charge in [-0.1, -0.05) is 49.9 Å². The summed E-state index contributed by atoms with van der Waals surface area (Å²) in [6.07, 6.45) is 1.05. The van der Waals surface area contributed by atoms with Crippen LogP contribution in [0, 0.1) is 13.8 Å². The predicted molar refractivity (Wildman–Crippen MR) is 136 cm³/mol. The molecule has 170 valence electrons. The summed E-state index contributed by atoms with van der Waals surface area (Å²) in [5.41, 5.74) is 5.21. The van der Waals surface area contributed by atoms with E-state index < -0.39 is 0 Å². The molecule has 0 bridgehead atoms. The lowest BCUT2D eigenvalue weighted by atomic mass is 9.98. The second kappa shape index (κ2) is 9.40. The molecule has 4 rings (SSSR count). The molecular weight excluding hydrogens is 430 g/mol. The van der Waals surface area contributed by atoms with Gasteiger partial charge in [-0.2, -0.15) is 0 Å². The molecule has 0 saturated heterocycles. The Morgan fingerprint density at radius 3 is 2.42 bits per heavy atom. The molecule has 0 N–H and O–H groups in total. The molecule has 2 heterocycles. The Labute approximate surface area is 198 Å². The van der Waals surface area contributed by atoms with Crippen molar-refractivity contribution in [3.63, 3.8) is 0 Å². The van der Waals surface area contributed by atoms with Crippen LogP contribution in [0.15, 0.2) is 64.5 Å². The molecule has 0 amide bonds. The van der Waals surface area contributed by atoms with E-state index in [2.05, 4.69) is 26.0 Å². The quantitative estimate of drug-likeness (QED) is 0.198. The number of Topliss-reactive ketones (excluding diaryl/α,β-unsaturated/α-hetero) is 1. The highest BCUT2D eigenvalue weighted by molar-refractivity contribution is 7.99. The van der Waals surface area contributed by atoms with Gasteiger partial charge in [0.2, 0.25) is 0 Å². The lowest BCUT2D eigenvalue weighted by molar-refractivity contribution is 0.102. The molecule has 6 heteroatoms. The minimum absolute atomic E-state index is 0.0299. The molecule has 0 aliphatic rings. The van der Waals surface area contributed by atoms with E-state index in [4.69, 9.17) is 4.98 Å². The number of nitrogens with zero attached hydrogens (tertiary/aromatic N) is 3. The fraction of sp³-hybridized carbons (Fsp3) is 0.296. The van der Waals surface area contributed by atoms with Crippen LogP contribution in [0.1, 0.15) is 53.5 Å². The number of thioether (sulfide) groups is 1. The van der Waals surface area contributed by atoms with Crippen molar-refractivity contribution < 1.29 is 4.79 Å². The summed E-state index contributed by atoms with van der Waals surface area (Å²) in [6.45, 7) is 8.30. The molecule has 0 spiro atoms. The van der Waals surface area contributed by atoms with Gasteiger partial charge in [-0.3, -0.25) is 14.2 Å². The fourth-order valence-electron chi connectivity index (χ4n) is 3.97. The molecule has 1 atom stereocenters. The molecule has 4 aromatic rings. The van der Waals surface area contributed by atoms with E-state index in [1.54, 1.807) is 10.6 Å². The van der Waals surface area contributed by atoms with Crippen LogP contribution in [0.2, 0.25) is 0 Å². The van der Waals surface area contributed by atoms with E-state index in [0.29, 0.717) is 22.0 Å². The maximum absolute atomic E-state index is 13.5. The average molecular weight is 460 g/mol. The summed E-state index contributed by atoms with van der Waals surface area (Å²) in [7, 11) is 1.96. The van der Waals surface area contributed by atoms with Crippen LogP contribution >= 0.6 is 11.8 Å². The first kappa shape index (κ1) is 23.1. The van der Waals surface area contributed by atoms with Crippen molar-refractivity contribution in [2.75, 3.05) is 5.75 Å². The van der Waals surface area contributed by atoms with Crippen LogP contribution in [-0.2, 0) is 7.05 Å². The zero-order valence-electron chi connectivity index (χ0n) is 19.8. The van der Waals surface area contributed by atoms with E-state index in [-0.39, 0.29) is 17.1 Å². The maximum atomic E-state index is 13.5. The van der Waals surface area contributed by atoms with Crippen molar-refractivity contribution >= 4 is 28.4 Å². The highest BCUT2D eigenvalue weighted by atomic mass is 32.2. The number of aromatic nitrogens is 3. The highest BCUT2D eigenvalue weighted by Crippen LogP contribution is 2.25. The van der Waals surface area contributed by atoms with Crippen LogP contribution in [0.25, 0.3) is 16.6 Å². The summed E-state index contributed by atoms with van der Waals surface area (Å²) in [6, 6.07) is 17.3. The summed E-state index contributed by atoms with van der Waals surface area (Å²) < 4.78 is 3.64. The second-order valence-electron chi connectivity index (χ2n) is 8.51. The fourth-order valence-corrected chi connectivity index (χ4v) is 4.87. The van der Waals surface area contributed by atoms with Crippen molar-refractivity contribution in [1.29, 1.82) is 0 Å².